The van der Waals surface area contributed by atoms with Crippen molar-refractivity contribution in [3.63, 3.8) is 0 Å². The first-order valence-corrected chi connectivity index (χ1v) is 10.2. The third-order valence-corrected chi connectivity index (χ3v) is 5.18. The highest BCUT2D eigenvalue weighted by molar-refractivity contribution is 7.99. The summed E-state index contributed by atoms with van der Waals surface area (Å²) >= 11 is 1.43. The second-order valence-electron chi connectivity index (χ2n) is 6.27. The Morgan fingerprint density at radius 2 is 1.90 bits per heavy atom. The average molecular weight is 413 g/mol. The van der Waals surface area contributed by atoms with Crippen molar-refractivity contribution in [3.8, 4) is 23.0 Å². The minimum atomic E-state index is -0.147. The first-order valence-electron chi connectivity index (χ1n) is 9.07. The zero-order valence-electron chi connectivity index (χ0n) is 16.5. The molecule has 0 radical (unpaired) electrons. The van der Waals surface area contributed by atoms with Crippen molar-refractivity contribution in [1.82, 2.24) is 15.5 Å². The van der Waals surface area contributed by atoms with Gasteiger partial charge in [-0.15, -0.1) is 11.8 Å². The topological polar surface area (TPSA) is 86.5 Å². The molecule has 1 aromatic heterocycles. The normalized spacial score (nSPS) is 11.7. The summed E-state index contributed by atoms with van der Waals surface area (Å²) < 4.78 is 15.8. The second kappa shape index (κ2) is 9.97. The van der Waals surface area contributed by atoms with Crippen LogP contribution in [0.5, 0.6) is 11.5 Å². The van der Waals surface area contributed by atoms with Crippen molar-refractivity contribution >= 4 is 17.7 Å². The SMILES string of the molecule is COc1ccc(-c2nc(CSCC(=O)NC(C)c3ccccc3OC)no2)cc1. The number of rotatable bonds is 9. The van der Waals surface area contributed by atoms with Crippen LogP contribution >= 0.6 is 11.8 Å². The predicted octanol–water partition coefficient (Wildman–Crippen LogP) is 3.86. The summed E-state index contributed by atoms with van der Waals surface area (Å²) in [5.41, 5.74) is 1.76. The molecule has 29 heavy (non-hydrogen) atoms. The maximum absolute atomic E-state index is 12.3. The van der Waals surface area contributed by atoms with E-state index in [9.17, 15) is 4.79 Å². The minimum Gasteiger partial charge on any atom is -0.497 e. The molecule has 0 aliphatic heterocycles. The molecule has 0 saturated heterocycles. The molecule has 0 aliphatic carbocycles. The molecular formula is C21H23N3O4S. The Kier molecular flexibility index (Phi) is 7.13. The van der Waals surface area contributed by atoms with E-state index in [2.05, 4.69) is 15.5 Å². The van der Waals surface area contributed by atoms with Gasteiger partial charge in [0.2, 0.25) is 5.91 Å². The molecule has 152 valence electrons. The number of hydrogen-bond acceptors (Lipinski definition) is 7. The number of carbonyl (C=O) groups excluding carboxylic acids is 1. The van der Waals surface area contributed by atoms with E-state index in [0.717, 1.165) is 22.6 Å². The quantitative estimate of drug-likeness (QED) is 0.570. The van der Waals surface area contributed by atoms with Gasteiger partial charge in [0.05, 0.1) is 31.8 Å². The highest BCUT2D eigenvalue weighted by atomic mass is 32.2. The molecule has 1 heterocycles. The maximum atomic E-state index is 12.3. The monoisotopic (exact) mass is 413 g/mol. The number of nitrogens with one attached hydrogen (secondary N) is 1. The summed E-state index contributed by atoms with van der Waals surface area (Å²) in [6.07, 6.45) is 0. The van der Waals surface area contributed by atoms with Gasteiger partial charge in [0, 0.05) is 11.1 Å². The molecule has 8 heteroatoms. The van der Waals surface area contributed by atoms with Gasteiger partial charge in [-0.2, -0.15) is 4.98 Å². The summed E-state index contributed by atoms with van der Waals surface area (Å²) in [5.74, 6) is 3.22. The van der Waals surface area contributed by atoms with E-state index in [0.29, 0.717) is 23.2 Å². The van der Waals surface area contributed by atoms with Gasteiger partial charge in [-0.05, 0) is 37.3 Å². The van der Waals surface area contributed by atoms with Crippen LogP contribution in [0.15, 0.2) is 53.1 Å². The van der Waals surface area contributed by atoms with Crippen LogP contribution in [0, 0.1) is 0 Å². The Balaban J connectivity index is 1.48. The second-order valence-corrected chi connectivity index (χ2v) is 7.25. The predicted molar refractivity (Wildman–Crippen MR) is 112 cm³/mol. The van der Waals surface area contributed by atoms with Gasteiger partial charge < -0.3 is 19.3 Å². The molecule has 3 aromatic rings. The minimum absolute atomic E-state index is 0.0627. The Morgan fingerprint density at radius 3 is 2.62 bits per heavy atom. The van der Waals surface area contributed by atoms with Crippen molar-refractivity contribution in [2.45, 2.75) is 18.7 Å². The highest BCUT2D eigenvalue weighted by Gasteiger charge is 2.14. The molecule has 1 N–H and O–H groups in total. The van der Waals surface area contributed by atoms with Gasteiger partial charge in [-0.3, -0.25) is 4.79 Å². The maximum Gasteiger partial charge on any atom is 0.257 e. The Labute approximate surface area is 173 Å². The lowest BCUT2D eigenvalue weighted by Gasteiger charge is -2.17. The fraction of sp³-hybridized carbons (Fsp3) is 0.286. The van der Waals surface area contributed by atoms with Crippen LogP contribution in [0.1, 0.15) is 24.4 Å². The van der Waals surface area contributed by atoms with Crippen molar-refractivity contribution in [3.05, 3.63) is 59.9 Å². The van der Waals surface area contributed by atoms with Crippen LogP contribution in [0.4, 0.5) is 0 Å². The number of ether oxygens (including phenoxy) is 2. The Hall–Kier alpha value is -3.00. The smallest absolute Gasteiger partial charge is 0.257 e. The van der Waals surface area contributed by atoms with Crippen LogP contribution in [0.2, 0.25) is 0 Å². The molecule has 1 unspecified atom stereocenters. The van der Waals surface area contributed by atoms with Crippen molar-refractivity contribution < 1.29 is 18.8 Å². The number of benzene rings is 2. The molecule has 0 spiro atoms. The van der Waals surface area contributed by atoms with Gasteiger partial charge in [-0.25, -0.2) is 0 Å². The molecule has 1 amide bonds. The fourth-order valence-electron chi connectivity index (χ4n) is 2.78. The molecule has 0 saturated carbocycles. The summed E-state index contributed by atoms with van der Waals surface area (Å²) in [4.78, 5) is 16.6. The van der Waals surface area contributed by atoms with Crippen LogP contribution in [-0.2, 0) is 10.5 Å². The van der Waals surface area contributed by atoms with Crippen LogP contribution < -0.4 is 14.8 Å². The first-order chi connectivity index (χ1) is 14.1. The van der Waals surface area contributed by atoms with Crippen LogP contribution in [0.3, 0.4) is 0 Å². The van der Waals surface area contributed by atoms with Crippen LogP contribution in [0.25, 0.3) is 11.5 Å². The number of amides is 1. The number of carbonyl (C=O) groups is 1. The fourth-order valence-corrected chi connectivity index (χ4v) is 3.45. The number of nitrogens with zero attached hydrogens (tertiary/aromatic N) is 2. The van der Waals surface area contributed by atoms with Crippen molar-refractivity contribution in [2.24, 2.45) is 0 Å². The molecule has 0 aliphatic rings. The van der Waals surface area contributed by atoms with Gasteiger partial charge in [0.15, 0.2) is 5.82 Å². The lowest BCUT2D eigenvalue weighted by molar-refractivity contribution is -0.119. The van der Waals surface area contributed by atoms with Gasteiger partial charge >= 0.3 is 0 Å². The number of methoxy groups -OCH3 is 2. The van der Waals surface area contributed by atoms with E-state index in [4.69, 9.17) is 14.0 Å². The number of thioether (sulfide) groups is 1. The summed E-state index contributed by atoms with van der Waals surface area (Å²) in [6, 6.07) is 14.9. The Bertz CT molecular complexity index is 943. The third-order valence-electron chi connectivity index (χ3n) is 4.25. The molecule has 0 fully saturated rings. The number of aromatic nitrogens is 2. The van der Waals surface area contributed by atoms with E-state index in [-0.39, 0.29) is 11.9 Å². The van der Waals surface area contributed by atoms with Gasteiger partial charge in [-0.1, -0.05) is 23.4 Å². The van der Waals surface area contributed by atoms with E-state index in [1.807, 2.05) is 55.5 Å². The zero-order valence-corrected chi connectivity index (χ0v) is 17.4. The number of para-hydroxylation sites is 1. The molecular weight excluding hydrogens is 390 g/mol. The van der Waals surface area contributed by atoms with Crippen molar-refractivity contribution in [2.75, 3.05) is 20.0 Å². The summed E-state index contributed by atoms with van der Waals surface area (Å²) in [5, 5.41) is 6.96. The summed E-state index contributed by atoms with van der Waals surface area (Å²) in [6.45, 7) is 1.93. The molecule has 3 rings (SSSR count). The number of hydrogen-bond donors (Lipinski definition) is 1. The average Bonchev–Trinajstić information content (AvgIpc) is 3.22. The molecule has 2 aromatic carbocycles. The van der Waals surface area contributed by atoms with E-state index < -0.39 is 0 Å². The van der Waals surface area contributed by atoms with Crippen LogP contribution in [-0.4, -0.2) is 36.0 Å². The van der Waals surface area contributed by atoms with E-state index in [1.165, 1.54) is 11.8 Å². The largest absolute Gasteiger partial charge is 0.497 e. The van der Waals surface area contributed by atoms with Gasteiger partial charge in [0.25, 0.3) is 5.89 Å². The molecule has 1 atom stereocenters. The Morgan fingerprint density at radius 1 is 1.14 bits per heavy atom. The lowest BCUT2D eigenvalue weighted by Crippen LogP contribution is -2.28. The third kappa shape index (κ3) is 5.51. The first kappa shape index (κ1) is 20.7. The standard InChI is InChI=1S/C21H23N3O4S/c1-14(17-6-4-5-7-18(17)27-3)22-20(25)13-29-12-19-23-21(28-24-19)15-8-10-16(26-2)11-9-15/h4-11,14H,12-13H2,1-3H3,(H,22,25). The molecule has 0 bridgehead atoms. The summed E-state index contributed by atoms with van der Waals surface area (Å²) in [7, 11) is 3.23. The van der Waals surface area contributed by atoms with E-state index >= 15 is 0 Å². The molecule has 7 nitrogen and oxygen atoms in total. The zero-order chi connectivity index (χ0) is 20.6. The van der Waals surface area contributed by atoms with E-state index in [1.54, 1.807) is 14.2 Å². The van der Waals surface area contributed by atoms with Crippen molar-refractivity contribution in [1.29, 1.82) is 0 Å². The van der Waals surface area contributed by atoms with Gasteiger partial charge in [0.1, 0.15) is 11.5 Å². The highest BCUT2D eigenvalue weighted by Crippen LogP contribution is 2.25. The lowest BCUT2D eigenvalue weighted by atomic mass is 10.1.